The Hall–Kier alpha value is -2.18. The number of nitrogen functional groups attached to an aromatic ring is 1. The van der Waals surface area contributed by atoms with E-state index in [1.165, 1.54) is 6.26 Å². The van der Waals surface area contributed by atoms with Crippen molar-refractivity contribution in [3.63, 3.8) is 0 Å². The first-order valence-corrected chi connectivity index (χ1v) is 8.72. The molecule has 5 N–H and O–H groups in total. The third kappa shape index (κ3) is 3.97. The lowest BCUT2D eigenvalue weighted by Gasteiger charge is -2.13. The molecule has 1 unspecified atom stereocenters. The van der Waals surface area contributed by atoms with Crippen molar-refractivity contribution in [3.8, 4) is 11.4 Å². The molecule has 26 heavy (non-hydrogen) atoms. The molecule has 0 aliphatic rings. The number of alkyl halides is 3. The summed E-state index contributed by atoms with van der Waals surface area (Å²) in [5.74, 6) is -1.34. The lowest BCUT2D eigenvalue weighted by atomic mass is 10.3. The first kappa shape index (κ1) is 20.1. The maximum atomic E-state index is 12.3. The fraction of sp³-hybridized carbons (Fsp3) is 0.167. The second kappa shape index (κ2) is 7.21. The number of anilines is 1. The van der Waals surface area contributed by atoms with Crippen LogP contribution in [0.2, 0.25) is 10.0 Å². The highest BCUT2D eigenvalue weighted by molar-refractivity contribution is 7.84. The quantitative estimate of drug-likeness (QED) is 0.295. The minimum Gasteiger partial charge on any atom is -0.409 e. The SMILES string of the molecule is CS(=O)c1c(/C(N)=N\O)nn(-c2c(Cl)cc(OC(F)(F)F)cc2Cl)c1N. The van der Waals surface area contributed by atoms with Crippen molar-refractivity contribution in [1.82, 2.24) is 9.78 Å². The van der Waals surface area contributed by atoms with E-state index in [1.54, 1.807) is 0 Å². The fourth-order valence-corrected chi connectivity index (χ4v) is 3.45. The normalized spacial score (nSPS) is 13.7. The van der Waals surface area contributed by atoms with Gasteiger partial charge in [0.1, 0.15) is 27.8 Å². The number of nitrogens with two attached hydrogens (primary N) is 2. The summed E-state index contributed by atoms with van der Waals surface area (Å²) in [6.07, 6.45) is -3.67. The Kier molecular flexibility index (Phi) is 5.58. The standard InChI is InChI=1S/C12H10Cl2F3N5O3S/c1-26(24)9-7(10(18)21-23)20-22(11(9)19)8-5(13)2-4(3-6(8)14)25-12(15,16)17/h2-3,23H,19H2,1H3,(H2,18,21). The summed E-state index contributed by atoms with van der Waals surface area (Å²) < 4.78 is 53.6. The molecule has 0 bridgehead atoms. The maximum absolute atomic E-state index is 12.3. The van der Waals surface area contributed by atoms with Gasteiger partial charge in [-0.3, -0.25) is 4.21 Å². The van der Waals surface area contributed by atoms with Crippen molar-refractivity contribution in [2.24, 2.45) is 10.9 Å². The van der Waals surface area contributed by atoms with Crippen LogP contribution in [0.25, 0.3) is 5.69 Å². The molecule has 1 heterocycles. The van der Waals surface area contributed by atoms with Crippen LogP contribution in [-0.4, -0.2) is 37.7 Å². The zero-order chi connectivity index (χ0) is 19.8. The molecule has 0 aliphatic heterocycles. The highest BCUT2D eigenvalue weighted by Gasteiger charge is 2.32. The number of ether oxygens (including phenoxy) is 1. The molecule has 0 fully saturated rings. The van der Waals surface area contributed by atoms with Crippen molar-refractivity contribution < 1.29 is 27.3 Å². The van der Waals surface area contributed by atoms with Crippen LogP contribution in [0.5, 0.6) is 5.75 Å². The van der Waals surface area contributed by atoms with E-state index in [9.17, 15) is 17.4 Å². The summed E-state index contributed by atoms with van der Waals surface area (Å²) in [6.45, 7) is 0. The van der Waals surface area contributed by atoms with E-state index in [-0.39, 0.29) is 32.1 Å². The summed E-state index contributed by atoms with van der Waals surface area (Å²) in [5.41, 5.74) is 11.1. The highest BCUT2D eigenvalue weighted by Crippen LogP contribution is 2.37. The molecule has 0 amide bonds. The van der Waals surface area contributed by atoms with Crippen LogP contribution < -0.4 is 16.2 Å². The zero-order valence-electron chi connectivity index (χ0n) is 12.7. The molecule has 0 aliphatic carbocycles. The molecular formula is C12H10Cl2F3N5O3S. The van der Waals surface area contributed by atoms with E-state index < -0.39 is 28.7 Å². The maximum Gasteiger partial charge on any atom is 0.573 e. The Morgan fingerprint density at radius 3 is 2.35 bits per heavy atom. The Morgan fingerprint density at radius 1 is 1.38 bits per heavy atom. The number of hydrogen-bond donors (Lipinski definition) is 3. The highest BCUT2D eigenvalue weighted by atomic mass is 35.5. The number of amidine groups is 1. The van der Waals surface area contributed by atoms with E-state index in [0.29, 0.717) is 0 Å². The van der Waals surface area contributed by atoms with E-state index in [2.05, 4.69) is 15.0 Å². The summed E-state index contributed by atoms with van der Waals surface area (Å²) in [4.78, 5) is -0.0666. The topological polar surface area (TPSA) is 129 Å². The largest absolute Gasteiger partial charge is 0.573 e. The van der Waals surface area contributed by atoms with Crippen LogP contribution in [0.4, 0.5) is 19.0 Å². The van der Waals surface area contributed by atoms with Crippen LogP contribution in [0.15, 0.2) is 22.2 Å². The molecule has 1 aromatic carbocycles. The molecule has 2 aromatic rings. The van der Waals surface area contributed by atoms with E-state index in [4.69, 9.17) is 39.9 Å². The van der Waals surface area contributed by atoms with Gasteiger partial charge in [-0.1, -0.05) is 28.4 Å². The van der Waals surface area contributed by atoms with Gasteiger partial charge in [-0.25, -0.2) is 4.68 Å². The Labute approximate surface area is 156 Å². The number of rotatable bonds is 4. The molecule has 1 atom stereocenters. The van der Waals surface area contributed by atoms with Gasteiger partial charge in [-0.2, -0.15) is 5.10 Å². The van der Waals surface area contributed by atoms with Gasteiger partial charge >= 0.3 is 6.36 Å². The summed E-state index contributed by atoms with van der Waals surface area (Å²) in [6, 6.07) is 1.70. The van der Waals surface area contributed by atoms with Gasteiger partial charge < -0.3 is 21.4 Å². The molecule has 14 heteroatoms. The van der Waals surface area contributed by atoms with Gasteiger partial charge in [0.15, 0.2) is 5.84 Å². The molecule has 8 nitrogen and oxygen atoms in total. The van der Waals surface area contributed by atoms with Crippen LogP contribution >= 0.6 is 23.2 Å². The first-order valence-electron chi connectivity index (χ1n) is 6.41. The lowest BCUT2D eigenvalue weighted by Crippen LogP contribution is -2.17. The van der Waals surface area contributed by atoms with Crippen molar-refractivity contribution >= 4 is 45.7 Å². The number of benzene rings is 1. The van der Waals surface area contributed by atoms with Gasteiger partial charge in [-0.05, 0) is 0 Å². The number of halogens is 5. The number of hydrogen-bond acceptors (Lipinski definition) is 6. The van der Waals surface area contributed by atoms with Crippen LogP contribution in [0, 0.1) is 0 Å². The molecule has 142 valence electrons. The van der Waals surface area contributed by atoms with Gasteiger partial charge in [-0.15, -0.1) is 13.2 Å². The summed E-state index contributed by atoms with van der Waals surface area (Å²) in [5, 5.41) is 15.0. The third-order valence-corrected chi connectivity index (χ3v) is 4.50. The molecule has 1 aromatic heterocycles. The molecule has 0 saturated carbocycles. The van der Waals surface area contributed by atoms with E-state index in [0.717, 1.165) is 16.8 Å². The number of aromatic nitrogens is 2. The second-order valence-electron chi connectivity index (χ2n) is 4.70. The molecule has 0 spiro atoms. The van der Waals surface area contributed by atoms with E-state index in [1.807, 2.05) is 0 Å². The molecule has 0 saturated heterocycles. The minimum absolute atomic E-state index is 0.0666. The van der Waals surface area contributed by atoms with Crippen LogP contribution in [0.3, 0.4) is 0 Å². The fourth-order valence-electron chi connectivity index (χ4n) is 2.02. The monoisotopic (exact) mass is 431 g/mol. The zero-order valence-corrected chi connectivity index (χ0v) is 15.0. The van der Waals surface area contributed by atoms with Gasteiger partial charge in [0.05, 0.1) is 20.8 Å². The minimum atomic E-state index is -4.94. The predicted molar refractivity (Wildman–Crippen MR) is 89.5 cm³/mol. The first-order chi connectivity index (χ1) is 12.0. The lowest BCUT2D eigenvalue weighted by molar-refractivity contribution is -0.274. The average Bonchev–Trinajstić information content (AvgIpc) is 2.81. The Balaban J connectivity index is 2.68. The van der Waals surface area contributed by atoms with Crippen LogP contribution in [-0.2, 0) is 10.8 Å². The van der Waals surface area contributed by atoms with Gasteiger partial charge in [0, 0.05) is 18.4 Å². The Bertz CT molecular complexity index is 893. The molecule has 2 rings (SSSR count). The second-order valence-corrected chi connectivity index (χ2v) is 6.83. The number of oxime groups is 1. The van der Waals surface area contributed by atoms with Gasteiger partial charge in [0.25, 0.3) is 0 Å². The van der Waals surface area contributed by atoms with Crippen molar-refractivity contribution in [2.75, 3.05) is 12.0 Å². The molecular weight excluding hydrogens is 422 g/mol. The average molecular weight is 432 g/mol. The van der Waals surface area contributed by atoms with Gasteiger partial charge in [0.2, 0.25) is 0 Å². The van der Waals surface area contributed by atoms with Crippen LogP contribution in [0.1, 0.15) is 5.69 Å². The summed E-state index contributed by atoms with van der Waals surface area (Å²) >= 11 is 12.0. The smallest absolute Gasteiger partial charge is 0.409 e. The molecule has 0 radical (unpaired) electrons. The third-order valence-electron chi connectivity index (χ3n) is 2.95. The van der Waals surface area contributed by atoms with E-state index >= 15 is 0 Å². The van der Waals surface area contributed by atoms with Crippen molar-refractivity contribution in [2.45, 2.75) is 11.3 Å². The summed E-state index contributed by atoms with van der Waals surface area (Å²) in [7, 11) is -1.70. The predicted octanol–water partition coefficient (Wildman–Crippen LogP) is 2.49. The Morgan fingerprint density at radius 2 is 1.92 bits per heavy atom. The van der Waals surface area contributed by atoms with Crippen molar-refractivity contribution in [3.05, 3.63) is 27.9 Å². The van der Waals surface area contributed by atoms with Crippen molar-refractivity contribution in [1.29, 1.82) is 0 Å². The number of nitrogens with zero attached hydrogens (tertiary/aromatic N) is 3.